The number of benzene rings is 1. The maximum atomic E-state index is 10.2. The van der Waals surface area contributed by atoms with E-state index in [1.807, 2.05) is 42.1 Å². The van der Waals surface area contributed by atoms with Crippen molar-refractivity contribution in [1.29, 1.82) is 0 Å². The van der Waals surface area contributed by atoms with Gasteiger partial charge in [0, 0.05) is 25.4 Å². The Kier molecular flexibility index (Phi) is 3.49. The second-order valence-corrected chi connectivity index (χ2v) is 5.88. The second-order valence-electron chi connectivity index (χ2n) is 5.88. The van der Waals surface area contributed by atoms with Crippen LogP contribution in [0.5, 0.6) is 0 Å². The molecule has 1 fully saturated rings. The fraction of sp³-hybridized carbons (Fsp3) is 0.438. The van der Waals surface area contributed by atoms with Crippen molar-refractivity contribution < 1.29 is 5.11 Å². The van der Waals surface area contributed by atoms with Gasteiger partial charge in [-0.05, 0) is 25.3 Å². The Morgan fingerprint density at radius 2 is 2.05 bits per heavy atom. The van der Waals surface area contributed by atoms with Gasteiger partial charge in [0.25, 0.3) is 0 Å². The molecule has 106 valence electrons. The van der Waals surface area contributed by atoms with Gasteiger partial charge in [-0.2, -0.15) is 5.10 Å². The van der Waals surface area contributed by atoms with E-state index >= 15 is 0 Å². The fourth-order valence-electron chi connectivity index (χ4n) is 2.79. The summed E-state index contributed by atoms with van der Waals surface area (Å²) in [4.78, 5) is 2.17. The molecule has 1 atom stereocenters. The molecule has 0 spiro atoms. The van der Waals surface area contributed by atoms with Crippen molar-refractivity contribution in [3.8, 4) is 0 Å². The average molecular weight is 271 g/mol. The zero-order valence-corrected chi connectivity index (χ0v) is 11.9. The Labute approximate surface area is 119 Å². The largest absolute Gasteiger partial charge is 0.388 e. The third-order valence-corrected chi connectivity index (χ3v) is 3.81. The van der Waals surface area contributed by atoms with E-state index in [1.165, 1.54) is 5.56 Å². The zero-order valence-electron chi connectivity index (χ0n) is 11.9. The molecule has 1 N–H and O–H groups in total. The van der Waals surface area contributed by atoms with Gasteiger partial charge in [0.1, 0.15) is 0 Å². The van der Waals surface area contributed by atoms with Crippen LogP contribution in [0.4, 0.5) is 5.82 Å². The van der Waals surface area contributed by atoms with E-state index in [4.69, 9.17) is 0 Å². The summed E-state index contributed by atoms with van der Waals surface area (Å²) >= 11 is 0. The minimum Gasteiger partial charge on any atom is -0.388 e. The molecule has 0 saturated carbocycles. The van der Waals surface area contributed by atoms with Crippen molar-refractivity contribution in [1.82, 2.24) is 9.78 Å². The van der Waals surface area contributed by atoms with E-state index in [0.29, 0.717) is 6.54 Å². The summed E-state index contributed by atoms with van der Waals surface area (Å²) in [5, 5.41) is 14.8. The number of nitrogens with zero attached hydrogens (tertiary/aromatic N) is 3. The van der Waals surface area contributed by atoms with Crippen molar-refractivity contribution in [2.45, 2.75) is 31.9 Å². The Morgan fingerprint density at radius 1 is 1.25 bits per heavy atom. The summed E-state index contributed by atoms with van der Waals surface area (Å²) < 4.78 is 1.95. The molecule has 1 aliphatic rings. The van der Waals surface area contributed by atoms with E-state index in [-0.39, 0.29) is 0 Å². The third-order valence-electron chi connectivity index (χ3n) is 3.81. The van der Waals surface area contributed by atoms with Crippen molar-refractivity contribution >= 4 is 5.82 Å². The highest BCUT2D eigenvalue weighted by Gasteiger charge is 2.29. The molecule has 1 saturated heterocycles. The molecule has 1 aromatic carbocycles. The first kappa shape index (κ1) is 13.2. The van der Waals surface area contributed by atoms with Crippen LogP contribution >= 0.6 is 0 Å². The van der Waals surface area contributed by atoms with Crippen molar-refractivity contribution in [3.05, 3.63) is 48.2 Å². The van der Waals surface area contributed by atoms with Crippen LogP contribution in [0.15, 0.2) is 42.6 Å². The molecule has 1 aromatic heterocycles. The van der Waals surface area contributed by atoms with Crippen LogP contribution in [0.25, 0.3) is 0 Å². The van der Waals surface area contributed by atoms with Gasteiger partial charge in [0.05, 0.1) is 12.1 Å². The topological polar surface area (TPSA) is 41.3 Å². The Morgan fingerprint density at radius 3 is 2.80 bits per heavy atom. The first-order valence-corrected chi connectivity index (χ1v) is 7.17. The van der Waals surface area contributed by atoms with Crippen LogP contribution in [0.1, 0.15) is 25.3 Å². The Hall–Kier alpha value is -1.81. The van der Waals surface area contributed by atoms with Crippen molar-refractivity contribution in [2.24, 2.45) is 0 Å². The van der Waals surface area contributed by atoms with Crippen LogP contribution < -0.4 is 4.90 Å². The molecule has 20 heavy (non-hydrogen) atoms. The SMILES string of the molecule is CC1(O)CCCN(c2ccn(Cc3ccccc3)n2)C1. The second kappa shape index (κ2) is 5.29. The summed E-state index contributed by atoms with van der Waals surface area (Å²) in [6, 6.07) is 12.3. The smallest absolute Gasteiger partial charge is 0.150 e. The standard InChI is InChI=1S/C16H21N3O/c1-16(20)9-5-10-18(13-16)15-8-11-19(17-15)12-14-6-3-2-4-7-14/h2-4,6-8,11,20H,5,9-10,12-13H2,1H3. The first-order chi connectivity index (χ1) is 9.62. The average Bonchev–Trinajstić information content (AvgIpc) is 2.87. The Balaban J connectivity index is 1.70. The van der Waals surface area contributed by atoms with E-state index in [1.54, 1.807) is 0 Å². The van der Waals surface area contributed by atoms with Crippen LogP contribution in [0.3, 0.4) is 0 Å². The molecule has 4 heteroatoms. The van der Waals surface area contributed by atoms with Gasteiger partial charge in [0.2, 0.25) is 0 Å². The maximum absolute atomic E-state index is 10.2. The summed E-state index contributed by atoms with van der Waals surface area (Å²) in [5.41, 5.74) is 0.648. The summed E-state index contributed by atoms with van der Waals surface area (Å²) in [6.07, 6.45) is 3.89. The fourth-order valence-corrected chi connectivity index (χ4v) is 2.79. The molecule has 0 bridgehead atoms. The van der Waals surface area contributed by atoms with Crippen LogP contribution in [-0.2, 0) is 6.54 Å². The number of β-amino-alcohol motifs (C(OH)–C–C–N with tert-alkyl or cyclic N) is 1. The molecule has 0 amide bonds. The minimum absolute atomic E-state index is 0.596. The highest BCUT2D eigenvalue weighted by Crippen LogP contribution is 2.24. The van der Waals surface area contributed by atoms with E-state index in [0.717, 1.165) is 31.7 Å². The van der Waals surface area contributed by atoms with Crippen molar-refractivity contribution in [2.75, 3.05) is 18.0 Å². The van der Waals surface area contributed by atoms with E-state index in [2.05, 4.69) is 22.1 Å². The number of piperidine rings is 1. The number of aromatic nitrogens is 2. The molecule has 0 aliphatic carbocycles. The predicted octanol–water partition coefficient (Wildman–Crippen LogP) is 2.28. The first-order valence-electron chi connectivity index (χ1n) is 7.17. The summed E-state index contributed by atoms with van der Waals surface area (Å²) in [5.74, 6) is 0.959. The number of aliphatic hydroxyl groups is 1. The number of hydrogen-bond acceptors (Lipinski definition) is 3. The molecular formula is C16H21N3O. The molecule has 2 aromatic rings. The molecular weight excluding hydrogens is 250 g/mol. The molecule has 1 unspecified atom stereocenters. The third kappa shape index (κ3) is 3.02. The zero-order chi connectivity index (χ0) is 14.0. The normalized spacial score (nSPS) is 23.0. The van der Waals surface area contributed by atoms with E-state index < -0.39 is 5.60 Å². The lowest BCUT2D eigenvalue weighted by Crippen LogP contribution is -2.46. The predicted molar refractivity (Wildman–Crippen MR) is 79.8 cm³/mol. The molecule has 3 rings (SSSR count). The number of rotatable bonds is 3. The lowest BCUT2D eigenvalue weighted by atomic mass is 9.95. The van der Waals surface area contributed by atoms with Gasteiger partial charge in [-0.25, -0.2) is 0 Å². The number of anilines is 1. The highest BCUT2D eigenvalue weighted by molar-refractivity contribution is 5.38. The molecule has 1 aliphatic heterocycles. The monoisotopic (exact) mass is 271 g/mol. The van der Waals surface area contributed by atoms with Crippen LogP contribution in [0, 0.1) is 0 Å². The van der Waals surface area contributed by atoms with Gasteiger partial charge in [-0.3, -0.25) is 4.68 Å². The van der Waals surface area contributed by atoms with Gasteiger partial charge in [-0.15, -0.1) is 0 Å². The highest BCUT2D eigenvalue weighted by atomic mass is 16.3. The van der Waals surface area contributed by atoms with Gasteiger partial charge in [-0.1, -0.05) is 30.3 Å². The maximum Gasteiger partial charge on any atom is 0.150 e. The molecule has 0 radical (unpaired) electrons. The van der Waals surface area contributed by atoms with Gasteiger partial charge in [0.15, 0.2) is 5.82 Å². The summed E-state index contributed by atoms with van der Waals surface area (Å²) in [7, 11) is 0. The van der Waals surface area contributed by atoms with Gasteiger partial charge >= 0.3 is 0 Å². The summed E-state index contributed by atoms with van der Waals surface area (Å²) in [6.45, 7) is 4.32. The lowest BCUT2D eigenvalue weighted by Gasteiger charge is -2.36. The van der Waals surface area contributed by atoms with E-state index in [9.17, 15) is 5.11 Å². The molecule has 4 nitrogen and oxygen atoms in total. The van der Waals surface area contributed by atoms with Crippen LogP contribution in [0.2, 0.25) is 0 Å². The van der Waals surface area contributed by atoms with Gasteiger partial charge < -0.3 is 10.0 Å². The van der Waals surface area contributed by atoms with Crippen molar-refractivity contribution in [3.63, 3.8) is 0 Å². The number of hydrogen-bond donors (Lipinski definition) is 1. The quantitative estimate of drug-likeness (QED) is 0.931. The minimum atomic E-state index is -0.596. The van der Waals surface area contributed by atoms with Crippen LogP contribution in [-0.4, -0.2) is 33.6 Å². The lowest BCUT2D eigenvalue weighted by molar-refractivity contribution is 0.0447. The Bertz CT molecular complexity index is 562. The molecule has 2 heterocycles.